The number of aryl methyl sites for hydroxylation is 2. The molecule has 4 nitrogen and oxygen atoms in total. The standard InChI is InChI=1S/C30H35N3O/c1-22-14-15-25(23(2)18-22)27(28-20-31-29-13-9-8-12-26(28)29)19-30(34)33(17-16-32(3)4)21-24-10-6-5-7-11-24/h5-15,18,20,27,31H,16-17,19,21H2,1-4H3/t27-/m0/s1. The van der Waals surface area contributed by atoms with Gasteiger partial charge in [0.1, 0.15) is 0 Å². The lowest BCUT2D eigenvalue weighted by molar-refractivity contribution is -0.132. The van der Waals surface area contributed by atoms with Crippen molar-refractivity contribution in [2.24, 2.45) is 0 Å². The lowest BCUT2D eigenvalue weighted by Crippen LogP contribution is -2.37. The average molecular weight is 454 g/mol. The molecule has 3 aromatic carbocycles. The summed E-state index contributed by atoms with van der Waals surface area (Å²) in [5, 5.41) is 1.18. The Morgan fingerprint density at radius 1 is 0.882 bits per heavy atom. The summed E-state index contributed by atoms with van der Waals surface area (Å²) in [6.07, 6.45) is 2.52. The number of aromatic nitrogens is 1. The minimum Gasteiger partial charge on any atom is -0.361 e. The molecule has 1 aromatic heterocycles. The number of para-hydroxylation sites is 1. The first-order valence-electron chi connectivity index (χ1n) is 12.0. The van der Waals surface area contributed by atoms with Gasteiger partial charge in [0.15, 0.2) is 0 Å². The number of hydrogen-bond acceptors (Lipinski definition) is 2. The van der Waals surface area contributed by atoms with Gasteiger partial charge in [-0.25, -0.2) is 0 Å². The maximum absolute atomic E-state index is 13.9. The molecule has 1 amide bonds. The predicted molar refractivity (Wildman–Crippen MR) is 141 cm³/mol. The molecular formula is C30H35N3O. The van der Waals surface area contributed by atoms with E-state index in [4.69, 9.17) is 0 Å². The van der Waals surface area contributed by atoms with E-state index in [1.807, 2.05) is 29.2 Å². The fourth-order valence-corrected chi connectivity index (χ4v) is 4.71. The second-order valence-electron chi connectivity index (χ2n) is 9.51. The molecule has 1 atom stereocenters. The van der Waals surface area contributed by atoms with E-state index in [-0.39, 0.29) is 11.8 Å². The third-order valence-electron chi connectivity index (χ3n) is 6.56. The highest BCUT2D eigenvalue weighted by Gasteiger charge is 2.25. The van der Waals surface area contributed by atoms with Crippen LogP contribution in [0.15, 0.2) is 79.0 Å². The maximum Gasteiger partial charge on any atom is 0.223 e. The molecule has 0 saturated heterocycles. The van der Waals surface area contributed by atoms with E-state index >= 15 is 0 Å². The number of benzene rings is 3. The Morgan fingerprint density at radius 3 is 2.35 bits per heavy atom. The van der Waals surface area contributed by atoms with Gasteiger partial charge in [0, 0.05) is 49.1 Å². The molecular weight excluding hydrogens is 418 g/mol. The number of carbonyl (C=O) groups excluding carboxylic acids is 1. The number of aromatic amines is 1. The van der Waals surface area contributed by atoms with Crippen molar-refractivity contribution in [3.63, 3.8) is 0 Å². The second kappa shape index (κ2) is 10.7. The molecule has 4 heteroatoms. The van der Waals surface area contributed by atoms with E-state index in [1.54, 1.807) is 0 Å². The van der Waals surface area contributed by atoms with Gasteiger partial charge in [-0.3, -0.25) is 4.79 Å². The number of rotatable bonds is 9. The maximum atomic E-state index is 13.9. The Morgan fingerprint density at radius 2 is 1.62 bits per heavy atom. The fraction of sp³-hybridized carbons (Fsp3) is 0.300. The van der Waals surface area contributed by atoms with Gasteiger partial charge < -0.3 is 14.8 Å². The lowest BCUT2D eigenvalue weighted by atomic mass is 9.85. The van der Waals surface area contributed by atoms with Gasteiger partial charge in [0.05, 0.1) is 0 Å². The molecule has 0 spiro atoms. The van der Waals surface area contributed by atoms with Gasteiger partial charge in [-0.2, -0.15) is 0 Å². The van der Waals surface area contributed by atoms with Gasteiger partial charge in [0.2, 0.25) is 5.91 Å². The van der Waals surface area contributed by atoms with Crippen molar-refractivity contribution in [2.75, 3.05) is 27.2 Å². The van der Waals surface area contributed by atoms with Crippen molar-refractivity contribution in [3.05, 3.63) is 107 Å². The molecule has 0 aliphatic carbocycles. The molecule has 1 heterocycles. The van der Waals surface area contributed by atoms with Crippen LogP contribution in [0, 0.1) is 13.8 Å². The van der Waals surface area contributed by atoms with Crippen LogP contribution in [0.2, 0.25) is 0 Å². The van der Waals surface area contributed by atoms with E-state index in [9.17, 15) is 4.79 Å². The third kappa shape index (κ3) is 5.57. The number of hydrogen-bond donors (Lipinski definition) is 1. The van der Waals surface area contributed by atoms with Gasteiger partial charge in [-0.05, 0) is 56.3 Å². The zero-order valence-electron chi connectivity index (χ0n) is 20.7. The molecule has 0 saturated carbocycles. The molecule has 4 rings (SSSR count). The summed E-state index contributed by atoms with van der Waals surface area (Å²) in [5.74, 6) is 0.169. The van der Waals surface area contributed by atoms with E-state index in [1.165, 1.54) is 27.6 Å². The number of fused-ring (bicyclic) bond motifs is 1. The minimum absolute atomic E-state index is 0.0121. The molecule has 34 heavy (non-hydrogen) atoms. The molecule has 1 N–H and O–H groups in total. The number of likely N-dealkylation sites (N-methyl/N-ethyl adjacent to an activating group) is 1. The zero-order valence-corrected chi connectivity index (χ0v) is 20.7. The van der Waals surface area contributed by atoms with Crippen LogP contribution < -0.4 is 0 Å². The fourth-order valence-electron chi connectivity index (χ4n) is 4.71. The SMILES string of the molecule is Cc1ccc([C@H](CC(=O)N(CCN(C)C)Cc2ccccc2)c2c[nH]c3ccccc23)c(C)c1. The molecule has 0 bridgehead atoms. The summed E-state index contributed by atoms with van der Waals surface area (Å²) in [7, 11) is 4.10. The molecule has 4 aromatic rings. The first kappa shape index (κ1) is 23.8. The first-order chi connectivity index (χ1) is 16.4. The molecule has 0 unspecified atom stereocenters. The van der Waals surface area contributed by atoms with Crippen LogP contribution in [0.4, 0.5) is 0 Å². The second-order valence-corrected chi connectivity index (χ2v) is 9.51. The van der Waals surface area contributed by atoms with E-state index in [2.05, 4.69) is 92.6 Å². The van der Waals surface area contributed by atoms with Gasteiger partial charge >= 0.3 is 0 Å². The summed E-state index contributed by atoms with van der Waals surface area (Å²) in [6.45, 7) is 6.43. The van der Waals surface area contributed by atoms with E-state index in [0.29, 0.717) is 19.5 Å². The highest BCUT2D eigenvalue weighted by atomic mass is 16.2. The van der Waals surface area contributed by atoms with Crippen molar-refractivity contribution < 1.29 is 4.79 Å². The van der Waals surface area contributed by atoms with Crippen LogP contribution in [0.1, 0.15) is 40.2 Å². The highest BCUT2D eigenvalue weighted by molar-refractivity contribution is 5.86. The Bertz CT molecular complexity index is 1240. The zero-order chi connectivity index (χ0) is 24.1. The van der Waals surface area contributed by atoms with Crippen LogP contribution >= 0.6 is 0 Å². The number of nitrogens with one attached hydrogen (secondary N) is 1. The van der Waals surface area contributed by atoms with Crippen LogP contribution in [0.25, 0.3) is 10.9 Å². The van der Waals surface area contributed by atoms with E-state index < -0.39 is 0 Å². The van der Waals surface area contributed by atoms with Crippen molar-refractivity contribution in [1.29, 1.82) is 0 Å². The smallest absolute Gasteiger partial charge is 0.223 e. The van der Waals surface area contributed by atoms with Crippen molar-refractivity contribution in [1.82, 2.24) is 14.8 Å². The number of nitrogens with zero attached hydrogens (tertiary/aromatic N) is 2. The van der Waals surface area contributed by atoms with Crippen molar-refractivity contribution >= 4 is 16.8 Å². The monoisotopic (exact) mass is 453 g/mol. The molecule has 0 aliphatic heterocycles. The molecule has 0 radical (unpaired) electrons. The van der Waals surface area contributed by atoms with Gasteiger partial charge in [-0.15, -0.1) is 0 Å². The number of amides is 1. The summed E-state index contributed by atoms with van der Waals surface area (Å²) < 4.78 is 0. The Hall–Kier alpha value is -3.37. The van der Waals surface area contributed by atoms with Crippen molar-refractivity contribution in [2.45, 2.75) is 32.7 Å². The van der Waals surface area contributed by atoms with Gasteiger partial charge in [-0.1, -0.05) is 72.3 Å². The molecule has 0 aliphatic rings. The molecule has 0 fully saturated rings. The third-order valence-corrected chi connectivity index (χ3v) is 6.56. The predicted octanol–water partition coefficient (Wildman–Crippen LogP) is 5.90. The highest BCUT2D eigenvalue weighted by Crippen LogP contribution is 2.36. The summed E-state index contributed by atoms with van der Waals surface area (Å²) >= 11 is 0. The Kier molecular flexibility index (Phi) is 7.49. The summed E-state index contributed by atoms with van der Waals surface area (Å²) in [6, 6.07) is 25.2. The van der Waals surface area contributed by atoms with Crippen LogP contribution in [0.3, 0.4) is 0 Å². The van der Waals surface area contributed by atoms with Crippen LogP contribution in [-0.4, -0.2) is 47.9 Å². The summed E-state index contributed by atoms with van der Waals surface area (Å²) in [4.78, 5) is 21.4. The topological polar surface area (TPSA) is 39.3 Å². The largest absolute Gasteiger partial charge is 0.361 e. The quantitative estimate of drug-likeness (QED) is 0.343. The van der Waals surface area contributed by atoms with Crippen LogP contribution in [-0.2, 0) is 11.3 Å². The van der Waals surface area contributed by atoms with Gasteiger partial charge in [0.25, 0.3) is 0 Å². The Balaban J connectivity index is 1.69. The Labute approximate surface area is 203 Å². The summed E-state index contributed by atoms with van der Waals surface area (Å²) in [5.41, 5.74) is 7.13. The number of H-pyrrole nitrogens is 1. The lowest BCUT2D eigenvalue weighted by Gasteiger charge is -2.27. The molecule has 176 valence electrons. The van der Waals surface area contributed by atoms with Crippen LogP contribution in [0.5, 0.6) is 0 Å². The van der Waals surface area contributed by atoms with E-state index in [0.717, 1.165) is 17.6 Å². The minimum atomic E-state index is -0.0121. The normalized spacial score (nSPS) is 12.3. The average Bonchev–Trinajstić information content (AvgIpc) is 3.25. The number of carbonyl (C=O) groups is 1. The first-order valence-corrected chi connectivity index (χ1v) is 12.0. The van der Waals surface area contributed by atoms with Crippen molar-refractivity contribution in [3.8, 4) is 0 Å².